The Morgan fingerprint density at radius 1 is 1.47 bits per heavy atom. The van der Waals surface area contributed by atoms with Crippen molar-refractivity contribution in [3.05, 3.63) is 0 Å². The predicted molar refractivity (Wildman–Crippen MR) is 73.1 cm³/mol. The minimum Gasteiger partial charge on any atom is -0.357 e. The van der Waals surface area contributed by atoms with Gasteiger partial charge in [-0.25, -0.2) is 0 Å². The van der Waals surface area contributed by atoms with Crippen molar-refractivity contribution >= 4 is 5.96 Å². The Balaban J connectivity index is 2.44. The first-order valence-corrected chi connectivity index (χ1v) is 6.51. The number of terminal acetylenes is 1. The van der Waals surface area contributed by atoms with E-state index >= 15 is 0 Å². The minimum atomic E-state index is 0.522. The van der Waals surface area contributed by atoms with Crippen LogP contribution in [0.15, 0.2) is 4.99 Å². The first-order chi connectivity index (χ1) is 8.31. The monoisotopic (exact) mass is 236 g/mol. The van der Waals surface area contributed by atoms with Gasteiger partial charge in [-0.1, -0.05) is 12.8 Å². The molecule has 0 radical (unpaired) electrons. The molecule has 4 heteroatoms. The number of hydrogen-bond donors (Lipinski definition) is 2. The fourth-order valence-corrected chi connectivity index (χ4v) is 2.19. The summed E-state index contributed by atoms with van der Waals surface area (Å²) >= 11 is 0. The summed E-state index contributed by atoms with van der Waals surface area (Å²) in [5.74, 6) is 3.39. The maximum atomic E-state index is 5.23. The summed E-state index contributed by atoms with van der Waals surface area (Å²) in [5, 5.41) is 6.31. The fourth-order valence-electron chi connectivity index (χ4n) is 2.19. The summed E-state index contributed by atoms with van der Waals surface area (Å²) in [5.41, 5.74) is 0. The Labute approximate surface area is 105 Å². The van der Waals surface area contributed by atoms with E-state index in [9.17, 15) is 0 Å². The van der Waals surface area contributed by atoms with Gasteiger partial charge in [0.05, 0.1) is 13.1 Å². The van der Waals surface area contributed by atoms with Gasteiger partial charge < -0.3 is 10.6 Å². The highest BCUT2D eigenvalue weighted by Crippen LogP contribution is 2.16. The van der Waals surface area contributed by atoms with Gasteiger partial charge in [0.1, 0.15) is 0 Å². The van der Waals surface area contributed by atoms with Crippen LogP contribution in [0, 0.1) is 12.3 Å². The van der Waals surface area contributed by atoms with E-state index < -0.39 is 0 Å². The van der Waals surface area contributed by atoms with Crippen LogP contribution in [0.25, 0.3) is 0 Å². The Hall–Kier alpha value is -1.21. The van der Waals surface area contributed by atoms with Crippen LogP contribution in [0.5, 0.6) is 0 Å². The van der Waals surface area contributed by atoms with Crippen molar-refractivity contribution < 1.29 is 0 Å². The summed E-state index contributed by atoms with van der Waals surface area (Å²) in [4.78, 5) is 7.08. The summed E-state index contributed by atoms with van der Waals surface area (Å²) in [6.07, 6.45) is 7.78. The molecule has 1 rings (SSSR count). The largest absolute Gasteiger partial charge is 0.357 e. The van der Waals surface area contributed by atoms with Gasteiger partial charge in [-0.3, -0.25) is 9.89 Å². The van der Waals surface area contributed by atoms with Crippen LogP contribution < -0.4 is 10.6 Å². The zero-order chi connectivity index (χ0) is 12.5. The molecular weight excluding hydrogens is 212 g/mol. The molecule has 1 aliphatic rings. The third kappa shape index (κ3) is 4.66. The first-order valence-electron chi connectivity index (χ1n) is 6.51. The summed E-state index contributed by atoms with van der Waals surface area (Å²) in [7, 11) is 0. The molecule has 1 heterocycles. The second-order valence-corrected chi connectivity index (χ2v) is 4.20. The average molecular weight is 236 g/mol. The fraction of sp³-hybridized carbons (Fsp3) is 0.769. The summed E-state index contributed by atoms with van der Waals surface area (Å²) in [6.45, 7) is 8.84. The van der Waals surface area contributed by atoms with Gasteiger partial charge in [-0.05, 0) is 32.9 Å². The molecule has 2 N–H and O–H groups in total. The quantitative estimate of drug-likeness (QED) is 0.418. The maximum absolute atomic E-state index is 5.23. The van der Waals surface area contributed by atoms with E-state index in [0.29, 0.717) is 12.6 Å². The van der Waals surface area contributed by atoms with Crippen LogP contribution in [-0.4, -0.2) is 49.6 Å². The topological polar surface area (TPSA) is 39.7 Å². The number of likely N-dealkylation sites (tertiary alicyclic amines) is 1. The standard InChI is InChI=1S/C13H24N4/c1-4-9-15-13(14-5-2)16-11-12-8-7-10-17(12)6-3/h1,12H,5-11H2,2-3H3,(H2,14,15,16). The average Bonchev–Trinajstić information content (AvgIpc) is 2.80. The molecule has 1 atom stereocenters. The number of rotatable bonds is 5. The Bertz CT molecular complexity index is 280. The molecule has 0 amide bonds. The van der Waals surface area contributed by atoms with Crippen LogP contribution in [0.1, 0.15) is 26.7 Å². The van der Waals surface area contributed by atoms with Crippen LogP contribution >= 0.6 is 0 Å². The van der Waals surface area contributed by atoms with E-state index in [1.165, 1.54) is 19.4 Å². The van der Waals surface area contributed by atoms with Crippen molar-refractivity contribution in [1.82, 2.24) is 15.5 Å². The lowest BCUT2D eigenvalue weighted by molar-refractivity contribution is 0.273. The van der Waals surface area contributed by atoms with E-state index in [0.717, 1.165) is 25.6 Å². The Morgan fingerprint density at radius 3 is 2.94 bits per heavy atom. The SMILES string of the molecule is C#CCNC(=NCC1CCCN1CC)NCC. The van der Waals surface area contributed by atoms with E-state index in [4.69, 9.17) is 6.42 Å². The van der Waals surface area contributed by atoms with Gasteiger partial charge in [-0.2, -0.15) is 0 Å². The molecule has 1 fully saturated rings. The van der Waals surface area contributed by atoms with E-state index in [1.807, 2.05) is 0 Å². The van der Waals surface area contributed by atoms with Gasteiger partial charge in [-0.15, -0.1) is 6.42 Å². The van der Waals surface area contributed by atoms with Gasteiger partial charge in [0.15, 0.2) is 5.96 Å². The summed E-state index contributed by atoms with van der Waals surface area (Å²) < 4.78 is 0. The number of likely N-dealkylation sites (N-methyl/N-ethyl adjacent to an activating group) is 1. The van der Waals surface area contributed by atoms with Crippen LogP contribution in [0.2, 0.25) is 0 Å². The summed E-state index contributed by atoms with van der Waals surface area (Å²) in [6, 6.07) is 0.598. The normalized spacial score (nSPS) is 21.2. The van der Waals surface area contributed by atoms with E-state index in [1.54, 1.807) is 0 Å². The lowest BCUT2D eigenvalue weighted by atomic mass is 10.2. The lowest BCUT2D eigenvalue weighted by Crippen LogP contribution is -2.39. The van der Waals surface area contributed by atoms with Crippen molar-refractivity contribution in [2.24, 2.45) is 4.99 Å². The van der Waals surface area contributed by atoms with Crippen molar-refractivity contribution in [2.75, 3.05) is 32.7 Å². The zero-order valence-electron chi connectivity index (χ0n) is 11.0. The minimum absolute atomic E-state index is 0.522. The molecule has 0 spiro atoms. The number of aliphatic imine (C=N–C) groups is 1. The number of hydrogen-bond acceptors (Lipinski definition) is 2. The molecule has 0 aromatic heterocycles. The van der Waals surface area contributed by atoms with Crippen molar-refractivity contribution in [1.29, 1.82) is 0 Å². The number of nitrogens with zero attached hydrogens (tertiary/aromatic N) is 2. The van der Waals surface area contributed by atoms with Gasteiger partial charge in [0.25, 0.3) is 0 Å². The number of guanidine groups is 1. The number of nitrogens with one attached hydrogen (secondary N) is 2. The first kappa shape index (κ1) is 13.9. The zero-order valence-corrected chi connectivity index (χ0v) is 11.0. The van der Waals surface area contributed by atoms with E-state index in [-0.39, 0.29) is 0 Å². The van der Waals surface area contributed by atoms with Gasteiger partial charge in [0.2, 0.25) is 0 Å². The molecule has 4 nitrogen and oxygen atoms in total. The molecular formula is C13H24N4. The lowest BCUT2D eigenvalue weighted by Gasteiger charge is -2.21. The molecule has 96 valence electrons. The Kier molecular flexibility index (Phi) is 6.49. The molecule has 0 aromatic carbocycles. The van der Waals surface area contributed by atoms with Crippen LogP contribution in [0.3, 0.4) is 0 Å². The van der Waals surface area contributed by atoms with Crippen LogP contribution in [0.4, 0.5) is 0 Å². The molecule has 1 unspecified atom stereocenters. The third-order valence-electron chi connectivity index (χ3n) is 3.07. The molecule has 0 saturated carbocycles. The Morgan fingerprint density at radius 2 is 2.29 bits per heavy atom. The third-order valence-corrected chi connectivity index (χ3v) is 3.07. The molecule has 17 heavy (non-hydrogen) atoms. The smallest absolute Gasteiger partial charge is 0.192 e. The van der Waals surface area contributed by atoms with Crippen molar-refractivity contribution in [3.8, 4) is 12.3 Å². The van der Waals surface area contributed by atoms with Crippen LogP contribution in [-0.2, 0) is 0 Å². The van der Waals surface area contributed by atoms with Crippen molar-refractivity contribution in [3.63, 3.8) is 0 Å². The molecule has 1 saturated heterocycles. The highest BCUT2D eigenvalue weighted by molar-refractivity contribution is 5.79. The maximum Gasteiger partial charge on any atom is 0.192 e. The molecule has 0 bridgehead atoms. The highest BCUT2D eigenvalue weighted by Gasteiger charge is 2.22. The predicted octanol–water partition coefficient (Wildman–Crippen LogP) is 0.659. The van der Waals surface area contributed by atoms with Gasteiger partial charge in [0, 0.05) is 12.6 Å². The van der Waals surface area contributed by atoms with Gasteiger partial charge >= 0.3 is 0 Å². The van der Waals surface area contributed by atoms with Crippen molar-refractivity contribution in [2.45, 2.75) is 32.7 Å². The molecule has 0 aliphatic carbocycles. The second kappa shape index (κ2) is 7.97. The van der Waals surface area contributed by atoms with E-state index in [2.05, 4.69) is 40.3 Å². The highest BCUT2D eigenvalue weighted by atomic mass is 15.2. The molecule has 1 aliphatic heterocycles. The molecule has 0 aromatic rings. The second-order valence-electron chi connectivity index (χ2n) is 4.20.